The monoisotopic (exact) mass is 1130 g/mol. The highest BCUT2D eigenvalue weighted by atomic mass is 32.1. The summed E-state index contributed by atoms with van der Waals surface area (Å²) in [6.07, 6.45) is -10.7. The minimum atomic E-state index is -8.08. The number of hydrogen-bond donors (Lipinski definition) is 0. The molecule has 0 fully saturated rings. The molecule has 6 aromatic heterocycles. The predicted molar refractivity (Wildman–Crippen MR) is 192 cm³/mol. The second kappa shape index (κ2) is 16.3. The normalized spacial score (nSPS) is 14.9. The zero-order valence-electron chi connectivity index (χ0n) is 30.7. The first-order valence-electron chi connectivity index (χ1n) is 16.5. The van der Waals surface area contributed by atoms with Crippen LogP contribution in [0.15, 0.2) is 49.1 Å². The lowest BCUT2D eigenvalue weighted by atomic mass is 9.93. The number of halogens is 26. The summed E-state index contributed by atoms with van der Waals surface area (Å²) in [6, 6.07) is 1.05. The van der Waals surface area contributed by atoms with E-state index in [2.05, 4.69) is 19.9 Å². The Morgan fingerprint density at radius 1 is 0.250 bits per heavy atom. The Labute approximate surface area is 380 Å². The van der Waals surface area contributed by atoms with E-state index in [1.54, 1.807) is 0 Å². The Morgan fingerprint density at radius 3 is 0.750 bits per heavy atom. The van der Waals surface area contributed by atoms with Crippen LogP contribution >= 0.6 is 68.0 Å². The fraction of sp³-hybridized carbons (Fsp3) is 0.375. The number of alkyl halides is 26. The van der Waals surface area contributed by atoms with Crippen LogP contribution < -0.4 is 0 Å². The minimum absolute atomic E-state index is 0.0159. The van der Waals surface area contributed by atoms with Crippen molar-refractivity contribution in [3.63, 3.8) is 0 Å². The van der Waals surface area contributed by atoms with Gasteiger partial charge in [-0.1, -0.05) is 0 Å². The summed E-state index contributed by atoms with van der Waals surface area (Å²) in [5.74, 6) is -76.0. The van der Waals surface area contributed by atoms with Crippen molar-refractivity contribution in [3.05, 3.63) is 58.8 Å². The summed E-state index contributed by atoms with van der Waals surface area (Å²) < 4.78 is 355. The van der Waals surface area contributed by atoms with Crippen molar-refractivity contribution in [2.75, 3.05) is 0 Å². The van der Waals surface area contributed by atoms with Gasteiger partial charge < -0.3 is 0 Å². The zero-order chi connectivity index (χ0) is 51.7. The second-order valence-corrected chi connectivity index (χ2v) is 19.5. The Kier molecular flexibility index (Phi) is 12.8. The molecule has 6 heterocycles. The van der Waals surface area contributed by atoms with Crippen LogP contribution in [0.1, 0.15) is 9.75 Å². The molecule has 0 N–H and O–H groups in total. The first-order valence-corrected chi connectivity index (χ1v) is 21.4. The molecule has 0 saturated heterocycles. The van der Waals surface area contributed by atoms with Gasteiger partial charge in [0.25, 0.3) is 0 Å². The van der Waals surface area contributed by atoms with E-state index in [0.717, 1.165) is 35.1 Å². The summed E-state index contributed by atoms with van der Waals surface area (Å²) in [4.78, 5) is 11.2. The summed E-state index contributed by atoms with van der Waals surface area (Å²) in [7, 11) is 0. The summed E-state index contributed by atoms with van der Waals surface area (Å²) in [6.45, 7) is 0. The number of nitrogens with zero attached hydrogens (tertiary/aromatic N) is 4. The van der Waals surface area contributed by atoms with Gasteiger partial charge in [0.05, 0.1) is 39.0 Å². The lowest BCUT2D eigenvalue weighted by Crippen LogP contribution is -2.69. The topological polar surface area (TPSA) is 51.6 Å². The van der Waals surface area contributed by atoms with Gasteiger partial charge in [-0.15, -0.1) is 68.0 Å². The number of thiophene rings is 2. The summed E-state index contributed by atoms with van der Waals surface area (Å²) in [5.41, 5.74) is 0. The first-order chi connectivity index (χ1) is 30.5. The van der Waals surface area contributed by atoms with Crippen LogP contribution in [0.4, 0.5) is 114 Å². The van der Waals surface area contributed by atoms with Gasteiger partial charge in [0.15, 0.2) is 10.0 Å². The van der Waals surface area contributed by atoms with Gasteiger partial charge in [0.1, 0.15) is 10.0 Å². The van der Waals surface area contributed by atoms with E-state index in [0.29, 0.717) is 34.8 Å². The molecule has 0 amide bonds. The Balaban J connectivity index is 1.17. The molecule has 0 bridgehead atoms. The standard InChI is InChI=1S/C32H8F26N4S6/c33-21(34,23(37,38)25(41,42)27(45,46)29(49,50)31(53,54)55)15-3-1-9(63-15)17-59-5-11(65-17)13-7-61-19(67-13)20-62-8-14(68-20)12-6-60-18(66-12)10-2-4-16(64-10)22(35,36)24(39,40)26(43,44)28(47,48)30(51,52)32(56,57)58/h1-8H. The fourth-order valence-electron chi connectivity index (χ4n) is 5.07. The zero-order valence-corrected chi connectivity index (χ0v) is 35.6. The Morgan fingerprint density at radius 2 is 0.485 bits per heavy atom. The maximum atomic E-state index is 14.7. The molecule has 0 atom stereocenters. The van der Waals surface area contributed by atoms with Gasteiger partial charge in [0, 0.05) is 24.8 Å². The van der Waals surface area contributed by atoms with Crippen molar-refractivity contribution >= 4 is 68.0 Å². The minimum Gasteiger partial charge on any atom is -0.243 e. The molecule has 4 nitrogen and oxygen atoms in total. The third-order valence-electron chi connectivity index (χ3n) is 8.81. The maximum absolute atomic E-state index is 14.7. The molecule has 0 aliphatic rings. The molecule has 0 unspecified atom stereocenters. The lowest BCUT2D eigenvalue weighted by Gasteiger charge is -2.39. The second-order valence-electron chi connectivity index (χ2n) is 13.2. The number of aromatic nitrogens is 4. The molecule has 0 spiro atoms. The average Bonchev–Trinajstić information content (AvgIpc) is 4.06. The highest BCUT2D eigenvalue weighted by Crippen LogP contribution is 2.65. The van der Waals surface area contributed by atoms with Crippen molar-refractivity contribution in [2.24, 2.45) is 0 Å². The number of hydrogen-bond acceptors (Lipinski definition) is 10. The van der Waals surface area contributed by atoms with Crippen LogP contribution in [-0.2, 0) is 11.8 Å². The highest BCUT2D eigenvalue weighted by Gasteiger charge is 2.92. The fourth-order valence-corrected chi connectivity index (χ4v) is 11.0. The summed E-state index contributed by atoms with van der Waals surface area (Å²) in [5, 5.41) is -0.425. The lowest BCUT2D eigenvalue weighted by molar-refractivity contribution is -0.441. The van der Waals surface area contributed by atoms with E-state index in [9.17, 15) is 114 Å². The highest BCUT2D eigenvalue weighted by molar-refractivity contribution is 7.30. The van der Waals surface area contributed by atoms with Gasteiger partial charge >= 0.3 is 71.6 Å². The number of rotatable bonds is 15. The Hall–Kier alpha value is -3.90. The van der Waals surface area contributed by atoms with Crippen molar-refractivity contribution in [3.8, 4) is 49.3 Å². The maximum Gasteiger partial charge on any atom is 0.460 e. The van der Waals surface area contributed by atoms with Crippen LogP contribution in [-0.4, -0.2) is 79.7 Å². The largest absolute Gasteiger partial charge is 0.460 e. The molecule has 0 aromatic carbocycles. The molecular weight excluding hydrogens is 1130 g/mol. The van der Waals surface area contributed by atoms with E-state index >= 15 is 0 Å². The third-order valence-corrected chi connectivity index (χ3v) is 16.0. The van der Waals surface area contributed by atoms with Gasteiger partial charge in [0.2, 0.25) is 0 Å². The van der Waals surface area contributed by atoms with E-state index in [4.69, 9.17) is 0 Å². The number of thiazole rings is 4. The van der Waals surface area contributed by atoms with Crippen LogP contribution in [0.3, 0.4) is 0 Å². The molecule has 0 saturated carbocycles. The molecule has 374 valence electrons. The van der Waals surface area contributed by atoms with Gasteiger partial charge in [-0.05, 0) is 24.3 Å². The van der Waals surface area contributed by atoms with Gasteiger partial charge in [-0.2, -0.15) is 114 Å². The van der Waals surface area contributed by atoms with E-state index in [1.165, 1.54) is 12.4 Å². The SMILES string of the molecule is FC(F)(F)C(F)(F)C(F)(F)C(F)(F)C(F)(F)C(F)(F)c1ccc(-c2ncc(-c3cnc(-c4ncc(-c5cnc(-c6ccc(C(F)(F)C(F)(F)C(F)(F)C(F)(F)C(F)(F)C(F)(F)F)s6)s5)s4)s3)s2)s1. The molecular formula is C32H8F26N4S6. The van der Waals surface area contributed by atoms with Crippen molar-refractivity contribution in [1.82, 2.24) is 19.9 Å². The molecule has 68 heavy (non-hydrogen) atoms. The van der Waals surface area contributed by atoms with Gasteiger partial charge in [-0.25, -0.2) is 19.9 Å². The van der Waals surface area contributed by atoms with Crippen LogP contribution in [0.5, 0.6) is 0 Å². The molecule has 0 aliphatic carbocycles. The molecule has 6 rings (SSSR count). The first kappa shape index (κ1) is 53.5. The Bertz CT molecular complexity index is 2600. The van der Waals surface area contributed by atoms with Crippen LogP contribution in [0.25, 0.3) is 49.3 Å². The quantitative estimate of drug-likeness (QED) is 0.0962. The van der Waals surface area contributed by atoms with Crippen molar-refractivity contribution in [1.29, 1.82) is 0 Å². The van der Waals surface area contributed by atoms with E-state index in [1.807, 2.05) is 0 Å². The molecule has 36 heteroatoms. The van der Waals surface area contributed by atoms with Crippen LogP contribution in [0.2, 0.25) is 0 Å². The van der Waals surface area contributed by atoms with Crippen molar-refractivity contribution in [2.45, 2.75) is 71.6 Å². The molecule has 0 aliphatic heterocycles. The predicted octanol–water partition coefficient (Wildman–Crippen LogP) is 16.4. The molecule has 0 radical (unpaired) electrons. The van der Waals surface area contributed by atoms with Crippen LogP contribution in [0, 0.1) is 0 Å². The van der Waals surface area contributed by atoms with E-state index in [-0.39, 0.29) is 51.7 Å². The average molecular weight is 1130 g/mol. The third kappa shape index (κ3) is 7.83. The molecule has 6 aromatic rings. The van der Waals surface area contributed by atoms with Crippen molar-refractivity contribution < 1.29 is 114 Å². The smallest absolute Gasteiger partial charge is 0.243 e. The summed E-state index contributed by atoms with van der Waals surface area (Å²) >= 11 is 1.92. The van der Waals surface area contributed by atoms with E-state index < -0.39 is 114 Å². The van der Waals surface area contributed by atoms with Gasteiger partial charge in [-0.3, -0.25) is 0 Å².